The fraction of sp³-hybridized carbons (Fsp3) is 0.486. The van der Waals surface area contributed by atoms with Crippen LogP contribution in [0.15, 0.2) is 53.1 Å². The number of amides is 4. The highest BCUT2D eigenvalue weighted by Gasteiger charge is 2.31. The van der Waals surface area contributed by atoms with Crippen molar-refractivity contribution in [2.45, 2.75) is 72.1 Å². The molecule has 1 aromatic heterocycles. The number of ether oxygens (including phenoxy) is 2. The Morgan fingerprint density at radius 2 is 1.85 bits per heavy atom. The van der Waals surface area contributed by atoms with Crippen LogP contribution in [0, 0.1) is 19.8 Å². The fourth-order valence-electron chi connectivity index (χ4n) is 5.55. The first-order chi connectivity index (χ1) is 22.5. The van der Waals surface area contributed by atoms with Gasteiger partial charge in [0.25, 0.3) is 11.8 Å². The molecule has 12 nitrogen and oxygen atoms in total. The van der Waals surface area contributed by atoms with Crippen molar-refractivity contribution in [3.63, 3.8) is 0 Å². The molecular formula is C35H47N5O7. The number of aromatic nitrogens is 1. The second-order valence-electron chi connectivity index (χ2n) is 12.3. The van der Waals surface area contributed by atoms with Gasteiger partial charge in [-0.3, -0.25) is 9.59 Å². The second kappa shape index (κ2) is 16.4. The molecule has 1 aliphatic heterocycles. The molecule has 2 heterocycles. The number of likely N-dealkylation sites (N-methyl/N-ethyl adjacent to an activating group) is 1. The molecule has 3 aromatic rings. The summed E-state index contributed by atoms with van der Waals surface area (Å²) in [5.41, 5.74) is 2.24. The molecule has 0 aliphatic carbocycles. The molecule has 0 unspecified atom stereocenters. The van der Waals surface area contributed by atoms with E-state index < -0.39 is 12.1 Å². The van der Waals surface area contributed by atoms with E-state index in [9.17, 15) is 19.5 Å². The van der Waals surface area contributed by atoms with E-state index in [0.717, 1.165) is 19.3 Å². The highest BCUT2D eigenvalue weighted by molar-refractivity contribution is 6.03. The van der Waals surface area contributed by atoms with Crippen LogP contribution in [0.25, 0.3) is 0 Å². The number of aryl methyl sites for hydroxylation is 2. The number of anilines is 2. The highest BCUT2D eigenvalue weighted by Crippen LogP contribution is 2.29. The van der Waals surface area contributed by atoms with Crippen LogP contribution in [0.4, 0.5) is 16.2 Å². The summed E-state index contributed by atoms with van der Waals surface area (Å²) in [4.78, 5) is 43.7. The summed E-state index contributed by atoms with van der Waals surface area (Å²) in [6.07, 6.45) is 1.82. The van der Waals surface area contributed by atoms with Gasteiger partial charge < -0.3 is 39.5 Å². The van der Waals surface area contributed by atoms with Gasteiger partial charge in [-0.15, -0.1) is 0 Å². The number of urea groups is 1. The Morgan fingerprint density at radius 3 is 2.53 bits per heavy atom. The monoisotopic (exact) mass is 649 g/mol. The molecule has 3 N–H and O–H groups in total. The minimum absolute atomic E-state index is 0.115. The summed E-state index contributed by atoms with van der Waals surface area (Å²) in [7, 11) is 1.75. The number of nitrogens with zero attached hydrogens (tertiary/aromatic N) is 3. The average molecular weight is 650 g/mol. The Morgan fingerprint density at radius 1 is 1.11 bits per heavy atom. The van der Waals surface area contributed by atoms with Crippen LogP contribution in [0.1, 0.15) is 72.2 Å². The first-order valence-electron chi connectivity index (χ1n) is 16.1. The number of hydrogen-bond acceptors (Lipinski definition) is 8. The molecule has 254 valence electrons. The predicted molar refractivity (Wildman–Crippen MR) is 179 cm³/mol. The van der Waals surface area contributed by atoms with Crippen LogP contribution in [-0.4, -0.2) is 89.5 Å². The Kier molecular flexibility index (Phi) is 12.4. The van der Waals surface area contributed by atoms with Gasteiger partial charge in [0.2, 0.25) is 0 Å². The summed E-state index contributed by atoms with van der Waals surface area (Å²) in [5.74, 6) is 0.183. The molecule has 0 bridgehead atoms. The van der Waals surface area contributed by atoms with Crippen molar-refractivity contribution in [3.05, 3.63) is 71.1 Å². The topological polar surface area (TPSA) is 146 Å². The van der Waals surface area contributed by atoms with Crippen LogP contribution >= 0.6 is 0 Å². The van der Waals surface area contributed by atoms with Crippen molar-refractivity contribution in [3.8, 4) is 5.75 Å². The summed E-state index contributed by atoms with van der Waals surface area (Å²) in [6, 6.07) is 13.0. The molecule has 0 saturated carbocycles. The lowest BCUT2D eigenvalue weighted by Crippen LogP contribution is -2.48. The van der Waals surface area contributed by atoms with Crippen molar-refractivity contribution in [2.75, 3.05) is 44.0 Å². The van der Waals surface area contributed by atoms with E-state index in [-0.39, 0.29) is 48.7 Å². The largest absolute Gasteiger partial charge is 0.490 e. The zero-order chi connectivity index (χ0) is 34.1. The molecule has 4 amide bonds. The molecule has 1 aliphatic rings. The van der Waals surface area contributed by atoms with Crippen LogP contribution in [0.3, 0.4) is 0 Å². The zero-order valence-electron chi connectivity index (χ0n) is 28.1. The van der Waals surface area contributed by atoms with E-state index >= 15 is 0 Å². The molecule has 12 heteroatoms. The minimum atomic E-state index is -0.535. The molecular weight excluding hydrogens is 602 g/mol. The third-order valence-corrected chi connectivity index (χ3v) is 8.40. The number of carbonyl (C=O) groups excluding carboxylic acids is 3. The molecule has 0 saturated heterocycles. The lowest BCUT2D eigenvalue weighted by Gasteiger charge is -2.36. The Labute approximate surface area is 276 Å². The Bertz CT molecular complexity index is 1490. The van der Waals surface area contributed by atoms with Gasteiger partial charge in [0, 0.05) is 43.9 Å². The van der Waals surface area contributed by atoms with Gasteiger partial charge in [-0.2, -0.15) is 0 Å². The maximum absolute atomic E-state index is 14.3. The number of aliphatic hydroxyl groups excluding tert-OH is 1. The van der Waals surface area contributed by atoms with Crippen LogP contribution in [0.5, 0.6) is 5.75 Å². The number of aliphatic hydroxyl groups is 1. The number of rotatable bonds is 7. The van der Waals surface area contributed by atoms with Crippen LogP contribution in [0.2, 0.25) is 0 Å². The Hall–Kier alpha value is -4.42. The molecule has 4 rings (SSSR count). The van der Waals surface area contributed by atoms with Crippen molar-refractivity contribution in [1.29, 1.82) is 0 Å². The smallest absolute Gasteiger partial charge is 0.323 e. The molecule has 0 spiro atoms. The van der Waals surface area contributed by atoms with Gasteiger partial charge in [0.05, 0.1) is 30.4 Å². The van der Waals surface area contributed by atoms with Gasteiger partial charge in [0.15, 0.2) is 5.76 Å². The quantitative estimate of drug-likeness (QED) is 0.304. The molecule has 0 radical (unpaired) electrons. The minimum Gasteiger partial charge on any atom is -0.490 e. The second-order valence-corrected chi connectivity index (χ2v) is 12.3. The van der Waals surface area contributed by atoms with Gasteiger partial charge in [-0.05, 0) is 77.3 Å². The molecule has 2 aromatic carbocycles. The standard InChI is InChI=1S/C35H47N5O7/c1-22-19-40(23(2)21-41)34(43)29-18-28(36-35(44)37-32-25(4)38-47-26(32)5)15-16-30(29)46-24(3)12-10-11-17-45-31(22)20-39(6)33(42)27-13-8-7-9-14-27/h7-9,13-16,18,22-24,31,41H,10-12,17,19-21H2,1-6H3,(H2,36,37,44)/t22-,23+,24+,31+/m0/s1. The summed E-state index contributed by atoms with van der Waals surface area (Å²) >= 11 is 0. The summed E-state index contributed by atoms with van der Waals surface area (Å²) in [6.45, 7) is 9.95. The van der Waals surface area contributed by atoms with Crippen LogP contribution < -0.4 is 15.4 Å². The SMILES string of the molecule is Cc1noc(C)c1NC(=O)Nc1ccc2c(c1)C(=O)N([C@H](C)CO)C[C@H](C)[C@@H](CN(C)C(=O)c1ccccc1)OCCCC[C@@H](C)O2. The van der Waals surface area contributed by atoms with Crippen LogP contribution in [-0.2, 0) is 4.74 Å². The van der Waals surface area contributed by atoms with E-state index in [1.165, 1.54) is 0 Å². The third-order valence-electron chi connectivity index (χ3n) is 8.40. The lowest BCUT2D eigenvalue weighted by molar-refractivity contribution is -0.0149. The van der Waals surface area contributed by atoms with Crippen molar-refractivity contribution >= 4 is 29.2 Å². The normalized spacial score (nSPS) is 19.9. The fourth-order valence-corrected chi connectivity index (χ4v) is 5.55. The first kappa shape index (κ1) is 35.4. The average Bonchev–Trinajstić information content (AvgIpc) is 3.37. The number of fused-ring (bicyclic) bond motifs is 1. The predicted octanol–water partition coefficient (Wildman–Crippen LogP) is 5.50. The number of benzene rings is 2. The van der Waals surface area contributed by atoms with E-state index in [4.69, 9.17) is 14.0 Å². The first-order valence-corrected chi connectivity index (χ1v) is 16.1. The van der Waals surface area contributed by atoms with Gasteiger partial charge in [0.1, 0.15) is 17.1 Å². The maximum atomic E-state index is 14.3. The summed E-state index contributed by atoms with van der Waals surface area (Å²) < 4.78 is 17.8. The van der Waals surface area contributed by atoms with Gasteiger partial charge >= 0.3 is 6.03 Å². The maximum Gasteiger partial charge on any atom is 0.323 e. The molecule has 0 fully saturated rings. The van der Waals surface area contributed by atoms with Crippen molar-refractivity contribution < 1.29 is 33.5 Å². The van der Waals surface area contributed by atoms with Crippen molar-refractivity contribution in [1.82, 2.24) is 15.0 Å². The van der Waals surface area contributed by atoms with E-state index in [1.54, 1.807) is 68.0 Å². The van der Waals surface area contributed by atoms with Gasteiger partial charge in [-0.1, -0.05) is 30.3 Å². The van der Waals surface area contributed by atoms with E-state index in [2.05, 4.69) is 15.8 Å². The highest BCUT2D eigenvalue weighted by atomic mass is 16.5. The lowest BCUT2D eigenvalue weighted by atomic mass is 10.0. The van der Waals surface area contributed by atoms with E-state index in [0.29, 0.717) is 47.3 Å². The molecule has 47 heavy (non-hydrogen) atoms. The number of hydrogen-bond donors (Lipinski definition) is 3. The number of nitrogens with one attached hydrogen (secondary N) is 2. The molecule has 4 atom stereocenters. The summed E-state index contributed by atoms with van der Waals surface area (Å²) in [5, 5.41) is 19.6. The zero-order valence-corrected chi connectivity index (χ0v) is 28.1. The van der Waals surface area contributed by atoms with Gasteiger partial charge in [-0.25, -0.2) is 4.79 Å². The number of carbonyl (C=O) groups is 3. The third kappa shape index (κ3) is 9.32. The van der Waals surface area contributed by atoms with Crippen molar-refractivity contribution in [2.24, 2.45) is 5.92 Å². The van der Waals surface area contributed by atoms with E-state index in [1.807, 2.05) is 32.0 Å². The Balaban J connectivity index is 1.61.